The minimum absolute atomic E-state index is 0.00847. The molecule has 4 atom stereocenters. The molecule has 0 aromatic rings. The van der Waals surface area contributed by atoms with Gasteiger partial charge in [-0.15, -0.1) is 0 Å². The molecular formula is C13H24O3. The monoisotopic (exact) mass is 228 g/mol. The standard InChI is InChI=1S/C13H24O3/c1-8(2)11-6-5-9(3)7-12(11)16-13(15)10(4)14/h8-12,14H,5-7H2,1-4H3/t9?,10-,11+,12-/m1/s1. The number of ether oxygens (including phenoxy) is 1. The molecule has 0 radical (unpaired) electrons. The molecule has 0 aromatic carbocycles. The number of rotatable bonds is 3. The molecule has 0 heterocycles. The molecule has 1 fully saturated rings. The zero-order chi connectivity index (χ0) is 12.3. The molecule has 1 aliphatic carbocycles. The van der Waals surface area contributed by atoms with Crippen molar-refractivity contribution in [1.82, 2.24) is 0 Å². The molecule has 1 N–H and O–H groups in total. The van der Waals surface area contributed by atoms with Gasteiger partial charge >= 0.3 is 5.97 Å². The van der Waals surface area contributed by atoms with Crippen LogP contribution in [0.4, 0.5) is 0 Å². The van der Waals surface area contributed by atoms with E-state index in [1.54, 1.807) is 0 Å². The van der Waals surface area contributed by atoms with Crippen LogP contribution in [0, 0.1) is 17.8 Å². The quantitative estimate of drug-likeness (QED) is 0.754. The number of aliphatic hydroxyl groups excluding tert-OH is 1. The Bertz CT molecular complexity index is 235. The number of hydrogen-bond acceptors (Lipinski definition) is 3. The lowest BCUT2D eigenvalue weighted by molar-refractivity contribution is -0.164. The Morgan fingerprint density at radius 3 is 2.44 bits per heavy atom. The average Bonchev–Trinajstić information content (AvgIpc) is 2.16. The van der Waals surface area contributed by atoms with Crippen LogP contribution in [0.15, 0.2) is 0 Å². The molecule has 1 aliphatic rings. The van der Waals surface area contributed by atoms with Gasteiger partial charge in [0.1, 0.15) is 12.2 Å². The first-order valence-corrected chi connectivity index (χ1v) is 6.30. The maximum absolute atomic E-state index is 11.4. The molecule has 3 nitrogen and oxygen atoms in total. The van der Waals surface area contributed by atoms with Crippen LogP contribution in [0.5, 0.6) is 0 Å². The molecule has 1 saturated carbocycles. The van der Waals surface area contributed by atoms with Gasteiger partial charge in [0.25, 0.3) is 0 Å². The predicted molar refractivity (Wildman–Crippen MR) is 62.9 cm³/mol. The summed E-state index contributed by atoms with van der Waals surface area (Å²) in [5.41, 5.74) is 0. The lowest BCUT2D eigenvalue weighted by Gasteiger charge is -2.36. The third-order valence-electron chi connectivity index (χ3n) is 3.57. The van der Waals surface area contributed by atoms with Crippen LogP contribution < -0.4 is 0 Å². The Balaban J connectivity index is 2.61. The number of carbonyl (C=O) groups is 1. The summed E-state index contributed by atoms with van der Waals surface area (Å²) in [4.78, 5) is 11.4. The highest BCUT2D eigenvalue weighted by molar-refractivity contribution is 5.74. The fourth-order valence-electron chi connectivity index (χ4n) is 2.50. The van der Waals surface area contributed by atoms with Crippen molar-refractivity contribution in [3.8, 4) is 0 Å². The molecule has 0 spiro atoms. The number of carbonyl (C=O) groups excluding carboxylic acids is 1. The van der Waals surface area contributed by atoms with E-state index in [1.807, 2.05) is 0 Å². The highest BCUT2D eigenvalue weighted by Gasteiger charge is 2.33. The first-order valence-electron chi connectivity index (χ1n) is 6.30. The van der Waals surface area contributed by atoms with Gasteiger partial charge in [-0.3, -0.25) is 0 Å². The van der Waals surface area contributed by atoms with Crippen LogP contribution in [0.1, 0.15) is 47.0 Å². The summed E-state index contributed by atoms with van der Waals surface area (Å²) < 4.78 is 5.41. The lowest BCUT2D eigenvalue weighted by atomic mass is 9.75. The smallest absolute Gasteiger partial charge is 0.334 e. The molecule has 3 heteroatoms. The summed E-state index contributed by atoms with van der Waals surface area (Å²) in [5, 5.41) is 9.17. The highest BCUT2D eigenvalue weighted by Crippen LogP contribution is 2.35. The van der Waals surface area contributed by atoms with Crippen LogP contribution in [0.2, 0.25) is 0 Å². The number of hydrogen-bond donors (Lipinski definition) is 1. The largest absolute Gasteiger partial charge is 0.460 e. The third kappa shape index (κ3) is 3.48. The molecule has 0 amide bonds. The predicted octanol–water partition coefficient (Wildman–Crippen LogP) is 2.37. The van der Waals surface area contributed by atoms with Crippen LogP contribution in [-0.2, 0) is 9.53 Å². The minimum atomic E-state index is -1.01. The highest BCUT2D eigenvalue weighted by atomic mass is 16.6. The van der Waals surface area contributed by atoms with Gasteiger partial charge in [0.15, 0.2) is 0 Å². The van der Waals surface area contributed by atoms with E-state index in [0.29, 0.717) is 17.8 Å². The lowest BCUT2D eigenvalue weighted by Crippen LogP contribution is -2.37. The molecular weight excluding hydrogens is 204 g/mol. The van der Waals surface area contributed by atoms with E-state index >= 15 is 0 Å². The van der Waals surface area contributed by atoms with Gasteiger partial charge in [0.05, 0.1) is 0 Å². The molecule has 0 bridgehead atoms. The Morgan fingerprint density at radius 1 is 1.31 bits per heavy atom. The zero-order valence-electron chi connectivity index (χ0n) is 10.8. The van der Waals surface area contributed by atoms with Crippen LogP contribution >= 0.6 is 0 Å². The molecule has 1 unspecified atom stereocenters. The van der Waals surface area contributed by atoms with E-state index in [4.69, 9.17) is 9.84 Å². The van der Waals surface area contributed by atoms with E-state index in [9.17, 15) is 4.79 Å². The van der Waals surface area contributed by atoms with E-state index in [-0.39, 0.29) is 6.10 Å². The summed E-state index contributed by atoms with van der Waals surface area (Å²) >= 11 is 0. The molecule has 0 saturated heterocycles. The van der Waals surface area contributed by atoms with Gasteiger partial charge < -0.3 is 9.84 Å². The Morgan fingerprint density at radius 2 is 1.94 bits per heavy atom. The molecule has 94 valence electrons. The van der Waals surface area contributed by atoms with E-state index < -0.39 is 12.1 Å². The first kappa shape index (κ1) is 13.5. The van der Waals surface area contributed by atoms with Crippen molar-refractivity contribution in [3.63, 3.8) is 0 Å². The number of aliphatic hydroxyl groups is 1. The Labute approximate surface area is 98.2 Å². The summed E-state index contributed by atoms with van der Waals surface area (Å²) in [7, 11) is 0. The van der Waals surface area contributed by atoms with E-state index in [1.165, 1.54) is 13.3 Å². The van der Waals surface area contributed by atoms with Crippen molar-refractivity contribution in [2.75, 3.05) is 0 Å². The average molecular weight is 228 g/mol. The molecule has 16 heavy (non-hydrogen) atoms. The third-order valence-corrected chi connectivity index (χ3v) is 3.57. The summed E-state index contributed by atoms with van der Waals surface area (Å²) in [5.74, 6) is 1.10. The SMILES string of the molecule is CC1CC[C@@H](C(C)C)[C@H](OC(=O)[C@@H](C)O)C1. The second-order valence-corrected chi connectivity index (χ2v) is 5.48. The van der Waals surface area contributed by atoms with Crippen molar-refractivity contribution in [2.24, 2.45) is 17.8 Å². The maximum Gasteiger partial charge on any atom is 0.334 e. The summed E-state index contributed by atoms with van der Waals surface area (Å²) in [6.45, 7) is 7.99. The second-order valence-electron chi connectivity index (χ2n) is 5.48. The zero-order valence-corrected chi connectivity index (χ0v) is 10.8. The van der Waals surface area contributed by atoms with Gasteiger partial charge in [-0.2, -0.15) is 0 Å². The molecule has 0 aliphatic heterocycles. The van der Waals surface area contributed by atoms with Crippen molar-refractivity contribution in [3.05, 3.63) is 0 Å². The summed E-state index contributed by atoms with van der Waals surface area (Å²) in [6.07, 6.45) is 2.25. The summed E-state index contributed by atoms with van der Waals surface area (Å²) in [6, 6.07) is 0. The second kappa shape index (κ2) is 5.67. The molecule has 0 aromatic heterocycles. The topological polar surface area (TPSA) is 46.5 Å². The van der Waals surface area contributed by atoms with Crippen molar-refractivity contribution >= 4 is 5.97 Å². The first-order chi connectivity index (χ1) is 7.41. The molecule has 1 rings (SSSR count). The van der Waals surface area contributed by atoms with Crippen molar-refractivity contribution in [1.29, 1.82) is 0 Å². The fourth-order valence-corrected chi connectivity index (χ4v) is 2.50. The maximum atomic E-state index is 11.4. The van der Waals surface area contributed by atoms with Crippen molar-refractivity contribution in [2.45, 2.75) is 59.2 Å². The van der Waals surface area contributed by atoms with Crippen LogP contribution in [0.3, 0.4) is 0 Å². The van der Waals surface area contributed by atoms with Crippen LogP contribution in [-0.4, -0.2) is 23.3 Å². The fraction of sp³-hybridized carbons (Fsp3) is 0.923. The van der Waals surface area contributed by atoms with Crippen molar-refractivity contribution < 1.29 is 14.6 Å². The Kier molecular flexibility index (Phi) is 4.78. The normalized spacial score (nSPS) is 32.5. The van der Waals surface area contributed by atoms with Gasteiger partial charge in [0.2, 0.25) is 0 Å². The van der Waals surface area contributed by atoms with E-state index in [2.05, 4.69) is 20.8 Å². The van der Waals surface area contributed by atoms with Gasteiger partial charge in [-0.25, -0.2) is 4.79 Å². The Hall–Kier alpha value is -0.570. The van der Waals surface area contributed by atoms with Gasteiger partial charge in [0, 0.05) is 0 Å². The van der Waals surface area contributed by atoms with E-state index in [0.717, 1.165) is 12.8 Å². The minimum Gasteiger partial charge on any atom is -0.460 e. The van der Waals surface area contributed by atoms with Gasteiger partial charge in [-0.05, 0) is 37.5 Å². The van der Waals surface area contributed by atoms with Gasteiger partial charge in [-0.1, -0.05) is 27.2 Å². The number of esters is 1. The van der Waals surface area contributed by atoms with Crippen LogP contribution in [0.25, 0.3) is 0 Å².